The highest BCUT2D eigenvalue weighted by Gasteiger charge is 2.37. The minimum absolute atomic E-state index is 0.0184. The van der Waals surface area contributed by atoms with E-state index in [2.05, 4.69) is 20.8 Å². The van der Waals surface area contributed by atoms with Crippen LogP contribution in [0, 0.1) is 10.1 Å². The molecule has 9 nitrogen and oxygen atoms in total. The Hall–Kier alpha value is -3.68. The number of hydrogen-bond acceptors (Lipinski definition) is 7. The Morgan fingerprint density at radius 1 is 1.11 bits per heavy atom. The summed E-state index contributed by atoms with van der Waals surface area (Å²) in [5.41, 5.74) is 4.51. The molecule has 3 aromatic carbocycles. The predicted octanol–water partition coefficient (Wildman–Crippen LogP) is 4.49. The van der Waals surface area contributed by atoms with E-state index in [1.54, 1.807) is 18.2 Å². The van der Waals surface area contributed by atoms with Crippen molar-refractivity contribution < 1.29 is 23.7 Å². The first kappa shape index (κ1) is 23.1. The number of anilines is 2. The molecule has 0 fully saturated rings. The van der Waals surface area contributed by atoms with E-state index in [0.717, 1.165) is 17.7 Å². The molecule has 0 spiro atoms. The number of fused-ring (bicyclic) bond motifs is 4. The Kier molecular flexibility index (Phi) is 6.28. The first-order chi connectivity index (χ1) is 17.0. The van der Waals surface area contributed by atoms with Crippen LogP contribution in [0.15, 0.2) is 54.6 Å². The number of nitro groups is 1. The number of carbonyl (C=O) groups excluding carboxylic acids is 1. The van der Waals surface area contributed by atoms with Gasteiger partial charge < -0.3 is 24.2 Å². The van der Waals surface area contributed by atoms with E-state index >= 15 is 0 Å². The number of nitrogens with one attached hydrogen (secondary N) is 1. The van der Waals surface area contributed by atoms with Crippen LogP contribution in [0.3, 0.4) is 0 Å². The van der Waals surface area contributed by atoms with E-state index in [-0.39, 0.29) is 30.9 Å². The number of ether oxygens (including phenoxy) is 2. The minimum Gasteiger partial charge on any atom is -0.493 e. The monoisotopic (exact) mass is 493 g/mol. The van der Waals surface area contributed by atoms with Crippen LogP contribution < -0.4 is 19.7 Å². The average Bonchev–Trinajstić information content (AvgIpc) is 3.18. The summed E-state index contributed by atoms with van der Waals surface area (Å²) >= 11 is 0. The van der Waals surface area contributed by atoms with Crippen molar-refractivity contribution in [1.82, 2.24) is 0 Å². The van der Waals surface area contributed by atoms with Crippen LogP contribution in [0.25, 0.3) is 0 Å². The summed E-state index contributed by atoms with van der Waals surface area (Å²) in [4.78, 5) is 26.3. The van der Waals surface area contributed by atoms with E-state index in [4.69, 9.17) is 14.0 Å². The fraction of sp³-hybridized carbons (Fsp3) is 0.240. The first-order valence-corrected chi connectivity index (χ1v) is 11.5. The zero-order chi connectivity index (χ0) is 24.5. The normalized spacial score (nSPS) is 16.0. The van der Waals surface area contributed by atoms with Gasteiger partial charge in [-0.2, -0.15) is 0 Å². The van der Waals surface area contributed by atoms with Crippen LogP contribution in [-0.4, -0.2) is 30.5 Å². The van der Waals surface area contributed by atoms with Gasteiger partial charge in [-0.15, -0.1) is 0 Å². The van der Waals surface area contributed by atoms with Crippen molar-refractivity contribution in [2.24, 2.45) is 0 Å². The molecular formula is C25H24N3O6P. The van der Waals surface area contributed by atoms with Gasteiger partial charge in [-0.1, -0.05) is 18.2 Å². The van der Waals surface area contributed by atoms with Gasteiger partial charge in [0.15, 0.2) is 11.5 Å². The second-order valence-corrected chi connectivity index (χ2v) is 8.79. The lowest BCUT2D eigenvalue weighted by Gasteiger charge is -2.22. The van der Waals surface area contributed by atoms with Crippen LogP contribution in [0.1, 0.15) is 27.0 Å². The maximum Gasteiger partial charge on any atom is 0.270 e. The summed E-state index contributed by atoms with van der Waals surface area (Å²) in [5, 5.41) is 14.7. The van der Waals surface area contributed by atoms with Crippen LogP contribution in [0.2, 0.25) is 0 Å². The highest BCUT2D eigenvalue weighted by atomic mass is 31.0. The van der Waals surface area contributed by atoms with Crippen LogP contribution >= 0.6 is 9.47 Å². The Morgan fingerprint density at radius 3 is 2.63 bits per heavy atom. The van der Waals surface area contributed by atoms with E-state index < -0.39 is 4.92 Å². The van der Waals surface area contributed by atoms with Gasteiger partial charge in [-0.25, -0.2) is 0 Å². The number of carbonyl (C=O) groups is 1. The highest BCUT2D eigenvalue weighted by Crippen LogP contribution is 2.40. The van der Waals surface area contributed by atoms with Crippen molar-refractivity contribution in [2.75, 3.05) is 23.9 Å². The molecule has 35 heavy (non-hydrogen) atoms. The second kappa shape index (κ2) is 9.52. The van der Waals surface area contributed by atoms with E-state index in [1.165, 1.54) is 19.2 Å². The Labute approximate surface area is 204 Å². The summed E-state index contributed by atoms with van der Waals surface area (Å²) in [6.07, 6.45) is 0.790. The summed E-state index contributed by atoms with van der Waals surface area (Å²) in [6.45, 7) is 0.896. The van der Waals surface area contributed by atoms with Crippen molar-refractivity contribution in [2.45, 2.75) is 25.7 Å². The molecule has 0 radical (unpaired) electrons. The molecule has 1 amide bonds. The lowest BCUT2D eigenvalue weighted by molar-refractivity contribution is -0.385. The molecule has 0 saturated heterocycles. The van der Waals surface area contributed by atoms with Crippen molar-refractivity contribution in [3.05, 3.63) is 87.0 Å². The molecule has 2 aliphatic rings. The average molecular weight is 493 g/mol. The summed E-state index contributed by atoms with van der Waals surface area (Å²) in [7, 11) is 3.65. The third kappa shape index (κ3) is 4.40. The highest BCUT2D eigenvalue weighted by molar-refractivity contribution is 7.09. The molecular weight excluding hydrogens is 469 g/mol. The topological polar surface area (TPSA) is 103 Å². The van der Waals surface area contributed by atoms with E-state index in [1.807, 2.05) is 23.1 Å². The van der Waals surface area contributed by atoms with Gasteiger partial charge in [0.2, 0.25) is 0 Å². The zero-order valence-electron chi connectivity index (χ0n) is 19.0. The van der Waals surface area contributed by atoms with Gasteiger partial charge in [0.1, 0.15) is 6.61 Å². The fourth-order valence-corrected chi connectivity index (χ4v) is 4.88. The summed E-state index contributed by atoms with van der Waals surface area (Å²) < 4.78 is 16.6. The molecule has 2 heterocycles. The molecule has 10 heteroatoms. The molecule has 180 valence electrons. The number of rotatable bonds is 7. The largest absolute Gasteiger partial charge is 0.493 e. The Morgan fingerprint density at radius 2 is 1.89 bits per heavy atom. The molecule has 0 saturated carbocycles. The number of hydrogen-bond donors (Lipinski definition) is 1. The molecule has 0 bridgehead atoms. The van der Waals surface area contributed by atoms with Crippen LogP contribution in [0.5, 0.6) is 11.5 Å². The van der Waals surface area contributed by atoms with Gasteiger partial charge in [0, 0.05) is 39.9 Å². The predicted molar refractivity (Wildman–Crippen MR) is 134 cm³/mol. The number of para-hydroxylation sites is 1. The molecule has 3 aromatic rings. The lowest BCUT2D eigenvalue weighted by Crippen LogP contribution is -2.39. The Balaban J connectivity index is 1.44. The smallest absolute Gasteiger partial charge is 0.270 e. The van der Waals surface area contributed by atoms with Crippen molar-refractivity contribution in [3.63, 3.8) is 0 Å². The maximum atomic E-state index is 13.6. The molecule has 0 aromatic heterocycles. The van der Waals surface area contributed by atoms with Crippen LogP contribution in [0.4, 0.5) is 17.1 Å². The number of non-ortho nitro benzene ring substituents is 1. The standard InChI is InChI=1S/C25H24N3O6P/c1-32-23-10-20-21(26-12-19-9-17-4-2-3-5-22(17)27(19)25(20)29)11-24(23)33-13-15-6-16(14-34-35)8-18(7-15)28(30)31/h2-8,10-11,19,26H,9,12-14,35H2,1H3/t19-/m0/s1. The summed E-state index contributed by atoms with van der Waals surface area (Å²) in [5.74, 6) is 0.749. The van der Waals surface area contributed by atoms with E-state index in [9.17, 15) is 14.9 Å². The number of amides is 1. The SMILES string of the molecule is COc1cc2c(cc1OCc1cc(COP)cc([N+](=O)[O-])c1)NC[C@@H]1Cc3ccccc3N1C2=O. The van der Waals surface area contributed by atoms with E-state index in [0.29, 0.717) is 40.4 Å². The maximum absolute atomic E-state index is 13.6. The molecule has 1 N–H and O–H groups in total. The molecule has 5 rings (SSSR count). The quantitative estimate of drug-likeness (QED) is 0.294. The molecule has 0 aliphatic carbocycles. The minimum atomic E-state index is -0.446. The number of nitro benzene ring substituents is 1. The van der Waals surface area contributed by atoms with Crippen molar-refractivity contribution >= 4 is 32.4 Å². The van der Waals surface area contributed by atoms with Crippen molar-refractivity contribution in [1.29, 1.82) is 0 Å². The lowest BCUT2D eigenvalue weighted by atomic mass is 10.1. The molecule has 1 unspecified atom stereocenters. The van der Waals surface area contributed by atoms with Crippen molar-refractivity contribution in [3.8, 4) is 11.5 Å². The number of benzene rings is 3. The first-order valence-electron chi connectivity index (χ1n) is 11.1. The molecule has 2 aliphatic heterocycles. The zero-order valence-corrected chi connectivity index (χ0v) is 20.2. The molecule has 2 atom stereocenters. The van der Waals surface area contributed by atoms with Crippen LogP contribution in [-0.2, 0) is 24.2 Å². The third-order valence-corrected chi connectivity index (χ3v) is 6.41. The van der Waals surface area contributed by atoms with Gasteiger partial charge in [-0.3, -0.25) is 14.9 Å². The fourth-order valence-electron chi connectivity index (χ4n) is 4.68. The third-order valence-electron chi connectivity index (χ3n) is 6.25. The number of nitrogens with zero attached hydrogens (tertiary/aromatic N) is 2. The van der Waals surface area contributed by atoms with Gasteiger partial charge in [0.05, 0.1) is 35.9 Å². The Bertz CT molecular complexity index is 1310. The second-order valence-electron chi connectivity index (χ2n) is 8.46. The summed E-state index contributed by atoms with van der Waals surface area (Å²) in [6, 6.07) is 16.1. The van der Waals surface area contributed by atoms with Gasteiger partial charge >= 0.3 is 0 Å². The number of methoxy groups -OCH3 is 1. The van der Waals surface area contributed by atoms with Gasteiger partial charge in [0.25, 0.3) is 11.6 Å². The van der Waals surface area contributed by atoms with Gasteiger partial charge in [-0.05, 0) is 41.3 Å².